The normalized spacial score (nSPS) is 18.1. The number of rotatable bonds is 3. The van der Waals surface area contributed by atoms with Gasteiger partial charge in [0.1, 0.15) is 0 Å². The predicted octanol–water partition coefficient (Wildman–Crippen LogP) is -0.627. The van der Waals surface area contributed by atoms with Crippen molar-refractivity contribution in [1.82, 2.24) is 19.8 Å². The molecule has 0 atom stereocenters. The molecule has 0 spiro atoms. The molecule has 0 radical (unpaired) electrons. The lowest BCUT2D eigenvalue weighted by Gasteiger charge is -2.32. The van der Waals surface area contributed by atoms with Crippen molar-refractivity contribution >= 4 is 0 Å². The lowest BCUT2D eigenvalue weighted by atomic mass is 10.1. The van der Waals surface area contributed by atoms with Crippen LogP contribution in [-0.4, -0.2) is 53.0 Å². The number of nitrogens with one attached hydrogen (secondary N) is 2. The van der Waals surface area contributed by atoms with Crippen molar-refractivity contribution in [3.8, 4) is 0 Å². The van der Waals surface area contributed by atoms with E-state index in [9.17, 15) is 9.59 Å². The minimum absolute atomic E-state index is 0.255. The van der Waals surface area contributed by atoms with Crippen LogP contribution in [0.25, 0.3) is 0 Å². The summed E-state index contributed by atoms with van der Waals surface area (Å²) in [6, 6.07) is 0. The largest absolute Gasteiger partial charge is 0.325 e. The fourth-order valence-corrected chi connectivity index (χ4v) is 2.26. The fraction of sp³-hybridized carbons (Fsp3) is 0.667. The Morgan fingerprint density at radius 3 is 2.39 bits per heavy atom. The zero-order valence-corrected chi connectivity index (χ0v) is 11.0. The van der Waals surface area contributed by atoms with Crippen molar-refractivity contribution < 1.29 is 0 Å². The van der Waals surface area contributed by atoms with Crippen LogP contribution in [-0.2, 0) is 13.0 Å². The van der Waals surface area contributed by atoms with Gasteiger partial charge in [-0.1, -0.05) is 6.92 Å². The fourth-order valence-electron chi connectivity index (χ4n) is 2.26. The molecule has 1 aliphatic heterocycles. The summed E-state index contributed by atoms with van der Waals surface area (Å²) < 4.78 is 0. The van der Waals surface area contributed by atoms with Gasteiger partial charge in [0.25, 0.3) is 5.56 Å². The van der Waals surface area contributed by atoms with Crippen LogP contribution in [0.3, 0.4) is 0 Å². The number of piperazine rings is 1. The first-order chi connectivity index (χ1) is 8.60. The molecule has 2 rings (SSSR count). The standard InChI is InChI=1S/C12H20N4O2/c1-3-10-9(11(17)14-12(18)13-10)8-16-6-4-15(2)5-7-16/h3-8H2,1-2H3,(H2,13,14,17,18). The van der Waals surface area contributed by atoms with Crippen LogP contribution in [0.4, 0.5) is 0 Å². The maximum absolute atomic E-state index is 11.8. The van der Waals surface area contributed by atoms with Crippen LogP contribution in [0, 0.1) is 0 Å². The summed E-state index contributed by atoms with van der Waals surface area (Å²) in [5.74, 6) is 0. The van der Waals surface area contributed by atoms with Crippen molar-refractivity contribution in [3.05, 3.63) is 32.1 Å². The summed E-state index contributed by atoms with van der Waals surface area (Å²) in [6.45, 7) is 6.50. The van der Waals surface area contributed by atoms with Gasteiger partial charge in [-0.3, -0.25) is 14.7 Å². The molecule has 1 aromatic rings. The van der Waals surface area contributed by atoms with Crippen molar-refractivity contribution in [2.75, 3.05) is 33.2 Å². The molecular formula is C12H20N4O2. The van der Waals surface area contributed by atoms with Crippen LogP contribution in [0.15, 0.2) is 9.59 Å². The van der Waals surface area contributed by atoms with E-state index in [1.807, 2.05) is 6.92 Å². The van der Waals surface area contributed by atoms with Crippen LogP contribution in [0.1, 0.15) is 18.2 Å². The number of H-pyrrole nitrogens is 2. The zero-order valence-electron chi connectivity index (χ0n) is 11.0. The Hall–Kier alpha value is -1.40. The molecule has 0 aromatic carbocycles. The highest BCUT2D eigenvalue weighted by Crippen LogP contribution is 2.07. The summed E-state index contributed by atoms with van der Waals surface area (Å²) in [5, 5.41) is 0. The highest BCUT2D eigenvalue weighted by Gasteiger charge is 2.17. The molecule has 1 aromatic heterocycles. The quantitative estimate of drug-likeness (QED) is 0.751. The Labute approximate surface area is 106 Å². The number of nitrogens with zero attached hydrogens (tertiary/aromatic N) is 2. The molecule has 100 valence electrons. The number of likely N-dealkylation sites (N-methyl/N-ethyl adjacent to an activating group) is 1. The van der Waals surface area contributed by atoms with Gasteiger partial charge < -0.3 is 9.88 Å². The molecule has 6 nitrogen and oxygen atoms in total. The van der Waals surface area contributed by atoms with Crippen LogP contribution in [0.5, 0.6) is 0 Å². The van der Waals surface area contributed by atoms with Crippen LogP contribution >= 0.6 is 0 Å². The van der Waals surface area contributed by atoms with Crippen molar-refractivity contribution in [2.24, 2.45) is 0 Å². The average Bonchev–Trinajstić information content (AvgIpc) is 2.34. The third-order valence-electron chi connectivity index (χ3n) is 3.46. The van der Waals surface area contributed by atoms with E-state index in [1.165, 1.54) is 0 Å². The Kier molecular flexibility index (Phi) is 3.98. The minimum Gasteiger partial charge on any atom is -0.311 e. The van der Waals surface area contributed by atoms with Gasteiger partial charge in [0, 0.05) is 38.4 Å². The van der Waals surface area contributed by atoms with E-state index in [1.54, 1.807) is 0 Å². The SMILES string of the molecule is CCc1[nH]c(=O)[nH]c(=O)c1CN1CCN(C)CC1. The van der Waals surface area contributed by atoms with E-state index in [0.29, 0.717) is 18.5 Å². The van der Waals surface area contributed by atoms with Crippen molar-refractivity contribution in [3.63, 3.8) is 0 Å². The molecule has 18 heavy (non-hydrogen) atoms. The summed E-state index contributed by atoms with van der Waals surface area (Å²) in [5.41, 5.74) is 0.776. The molecule has 6 heteroatoms. The maximum Gasteiger partial charge on any atom is 0.325 e. The molecular weight excluding hydrogens is 232 g/mol. The maximum atomic E-state index is 11.8. The molecule has 1 fully saturated rings. The molecule has 0 unspecified atom stereocenters. The highest BCUT2D eigenvalue weighted by molar-refractivity contribution is 5.16. The van der Waals surface area contributed by atoms with Gasteiger partial charge in [-0.05, 0) is 13.5 Å². The molecule has 0 amide bonds. The van der Waals surface area contributed by atoms with E-state index >= 15 is 0 Å². The number of hydrogen-bond donors (Lipinski definition) is 2. The van der Waals surface area contributed by atoms with Crippen molar-refractivity contribution in [2.45, 2.75) is 19.9 Å². The third-order valence-corrected chi connectivity index (χ3v) is 3.46. The number of hydrogen-bond acceptors (Lipinski definition) is 4. The van der Waals surface area contributed by atoms with E-state index in [4.69, 9.17) is 0 Å². The highest BCUT2D eigenvalue weighted by atomic mass is 16.2. The zero-order chi connectivity index (χ0) is 13.1. The monoisotopic (exact) mass is 252 g/mol. The Bertz CT molecular complexity index is 512. The van der Waals surface area contributed by atoms with Crippen LogP contribution < -0.4 is 11.2 Å². The van der Waals surface area contributed by atoms with Crippen LogP contribution in [0.2, 0.25) is 0 Å². The second-order valence-corrected chi connectivity index (χ2v) is 4.80. The summed E-state index contributed by atoms with van der Waals surface area (Å²) in [4.78, 5) is 32.6. The van der Waals surface area contributed by atoms with Gasteiger partial charge in [-0.15, -0.1) is 0 Å². The number of aromatic amines is 2. The second-order valence-electron chi connectivity index (χ2n) is 4.80. The summed E-state index contributed by atoms with van der Waals surface area (Å²) in [6.07, 6.45) is 0.669. The predicted molar refractivity (Wildman–Crippen MR) is 69.8 cm³/mol. The van der Waals surface area contributed by atoms with Gasteiger partial charge in [-0.2, -0.15) is 0 Å². The molecule has 1 aliphatic rings. The summed E-state index contributed by atoms with van der Waals surface area (Å²) in [7, 11) is 2.10. The average molecular weight is 252 g/mol. The van der Waals surface area contributed by atoms with Gasteiger partial charge in [-0.25, -0.2) is 4.79 Å². The first-order valence-electron chi connectivity index (χ1n) is 6.35. The second kappa shape index (κ2) is 5.49. The molecule has 1 saturated heterocycles. The lowest BCUT2D eigenvalue weighted by Crippen LogP contribution is -2.45. The Morgan fingerprint density at radius 2 is 1.78 bits per heavy atom. The van der Waals surface area contributed by atoms with E-state index in [-0.39, 0.29) is 5.56 Å². The molecule has 2 N–H and O–H groups in total. The number of aryl methyl sites for hydroxylation is 1. The van der Waals surface area contributed by atoms with Gasteiger partial charge in [0.15, 0.2) is 0 Å². The summed E-state index contributed by atoms with van der Waals surface area (Å²) >= 11 is 0. The van der Waals surface area contributed by atoms with E-state index in [0.717, 1.165) is 31.9 Å². The third kappa shape index (κ3) is 2.88. The Morgan fingerprint density at radius 1 is 1.11 bits per heavy atom. The Balaban J connectivity index is 2.18. The van der Waals surface area contributed by atoms with E-state index in [2.05, 4.69) is 26.8 Å². The van der Waals surface area contributed by atoms with Gasteiger partial charge >= 0.3 is 5.69 Å². The molecule has 0 bridgehead atoms. The smallest absolute Gasteiger partial charge is 0.311 e. The molecule has 0 aliphatic carbocycles. The van der Waals surface area contributed by atoms with Gasteiger partial charge in [0.05, 0.1) is 5.56 Å². The first kappa shape index (κ1) is 13.0. The molecule has 2 heterocycles. The van der Waals surface area contributed by atoms with Crippen molar-refractivity contribution in [1.29, 1.82) is 0 Å². The van der Waals surface area contributed by atoms with E-state index < -0.39 is 5.69 Å². The van der Waals surface area contributed by atoms with Gasteiger partial charge in [0.2, 0.25) is 0 Å². The first-order valence-corrected chi connectivity index (χ1v) is 6.35. The lowest BCUT2D eigenvalue weighted by molar-refractivity contribution is 0.147. The molecule has 0 saturated carbocycles. The topological polar surface area (TPSA) is 72.2 Å². The number of aromatic nitrogens is 2. The minimum atomic E-state index is -0.418.